The number of amides is 1. The summed E-state index contributed by atoms with van der Waals surface area (Å²) in [4.78, 5) is 12.4. The van der Waals surface area contributed by atoms with Crippen molar-refractivity contribution in [2.75, 3.05) is 18.5 Å². The number of hydrogen-bond donors (Lipinski definition) is 1. The fourth-order valence-corrected chi connectivity index (χ4v) is 5.51. The summed E-state index contributed by atoms with van der Waals surface area (Å²) in [5.74, 6) is 0.839. The maximum Gasteiger partial charge on any atom is 0.411 e. The van der Waals surface area contributed by atoms with Crippen LogP contribution in [0.3, 0.4) is 0 Å². The molecule has 2 heterocycles. The average molecular weight is 516 g/mol. The molecule has 1 aliphatic heterocycles. The number of carbonyl (C=O) groups is 1. The lowest BCUT2D eigenvalue weighted by Crippen LogP contribution is -2.25. The summed E-state index contributed by atoms with van der Waals surface area (Å²) in [5.41, 5.74) is 5.33. The second kappa shape index (κ2) is 11.5. The fourth-order valence-electron chi connectivity index (χ4n) is 5.51. The number of nitriles is 1. The van der Waals surface area contributed by atoms with E-state index in [1.807, 2.05) is 51.1 Å². The molecule has 2 fully saturated rings. The van der Waals surface area contributed by atoms with Crippen molar-refractivity contribution in [2.24, 2.45) is 0 Å². The molecule has 0 unspecified atom stereocenters. The van der Waals surface area contributed by atoms with Crippen LogP contribution in [0.2, 0.25) is 0 Å². The predicted octanol–water partition coefficient (Wildman–Crippen LogP) is 7.51. The molecule has 7 nitrogen and oxygen atoms in total. The minimum absolute atomic E-state index is 0.0907. The van der Waals surface area contributed by atoms with Crippen molar-refractivity contribution in [1.82, 2.24) is 4.57 Å². The minimum Gasteiger partial charge on any atom is -0.490 e. The molecule has 0 radical (unpaired) electrons. The molecule has 1 amide bonds. The summed E-state index contributed by atoms with van der Waals surface area (Å²) in [6.45, 7) is 7.50. The zero-order chi connectivity index (χ0) is 26.6. The Balaban J connectivity index is 1.51. The highest BCUT2D eigenvalue weighted by Gasteiger charge is 2.29. The number of carbonyl (C=O) groups excluding carboxylic acids is 1. The number of rotatable bonds is 8. The van der Waals surface area contributed by atoms with Gasteiger partial charge in [0.2, 0.25) is 0 Å². The molecule has 1 saturated carbocycles. The Morgan fingerprint density at radius 3 is 2.53 bits per heavy atom. The third-order valence-electron chi connectivity index (χ3n) is 7.91. The van der Waals surface area contributed by atoms with E-state index in [9.17, 15) is 10.1 Å². The molecule has 7 heteroatoms. The van der Waals surface area contributed by atoms with Crippen LogP contribution < -0.4 is 10.1 Å². The number of aryl methyl sites for hydroxylation is 1. The SMILES string of the molecule is CCC(CC)OC(=O)Nc1ccc(-c2c(C#N)c3ccc(OC4CCOCC4)cc3n2C2CCC2)c(C)c1. The van der Waals surface area contributed by atoms with Crippen molar-refractivity contribution >= 4 is 22.7 Å². The van der Waals surface area contributed by atoms with Gasteiger partial charge in [-0.25, -0.2) is 4.79 Å². The standard InChI is InChI=1S/C31H37N3O4/c1-4-23(5-2)38-31(35)33-21-9-11-26(20(3)17-21)30-28(19-32)27-12-10-25(37-24-13-15-36-16-14-24)18-29(27)34(30)22-7-6-8-22/h9-12,17-18,22-24H,4-8,13-16H2,1-3H3,(H,33,35). The molecule has 0 spiro atoms. The number of hydrogen-bond acceptors (Lipinski definition) is 5. The molecule has 3 aromatic rings. The van der Waals surface area contributed by atoms with Gasteiger partial charge in [-0.15, -0.1) is 0 Å². The van der Waals surface area contributed by atoms with Crippen molar-refractivity contribution in [2.45, 2.75) is 84.0 Å². The topological polar surface area (TPSA) is 85.5 Å². The molecular formula is C31H37N3O4. The van der Waals surface area contributed by atoms with Gasteiger partial charge in [0.15, 0.2) is 0 Å². The lowest BCUT2D eigenvalue weighted by molar-refractivity contribution is 0.0256. The Kier molecular flexibility index (Phi) is 7.90. The lowest BCUT2D eigenvalue weighted by Gasteiger charge is -2.30. The van der Waals surface area contributed by atoms with Gasteiger partial charge >= 0.3 is 6.09 Å². The van der Waals surface area contributed by atoms with E-state index in [1.165, 1.54) is 6.42 Å². The number of aromatic nitrogens is 1. The van der Waals surface area contributed by atoms with E-state index in [0.717, 1.165) is 85.2 Å². The molecule has 0 atom stereocenters. The minimum atomic E-state index is -0.441. The Hall–Kier alpha value is -3.50. The first kappa shape index (κ1) is 26.1. The van der Waals surface area contributed by atoms with Crippen molar-refractivity contribution in [3.8, 4) is 23.1 Å². The predicted molar refractivity (Wildman–Crippen MR) is 149 cm³/mol. The van der Waals surface area contributed by atoms with Crippen LogP contribution in [0.25, 0.3) is 22.2 Å². The van der Waals surface area contributed by atoms with Crippen LogP contribution in [0.5, 0.6) is 5.75 Å². The summed E-state index contributed by atoms with van der Waals surface area (Å²) in [5, 5.41) is 14.1. The molecule has 2 aromatic carbocycles. The van der Waals surface area contributed by atoms with Crippen molar-refractivity contribution < 1.29 is 19.0 Å². The normalized spacial score (nSPS) is 16.3. The van der Waals surface area contributed by atoms with Crippen LogP contribution >= 0.6 is 0 Å². The molecule has 1 N–H and O–H groups in total. The number of anilines is 1. The first-order valence-corrected chi connectivity index (χ1v) is 13.9. The summed E-state index contributed by atoms with van der Waals surface area (Å²) in [6.07, 6.45) is 6.34. The van der Waals surface area contributed by atoms with E-state index in [4.69, 9.17) is 14.2 Å². The second-order valence-corrected chi connectivity index (χ2v) is 10.4. The van der Waals surface area contributed by atoms with Crippen LogP contribution in [0, 0.1) is 18.3 Å². The summed E-state index contributed by atoms with van der Waals surface area (Å²) in [6, 6.07) is 14.8. The third-order valence-corrected chi connectivity index (χ3v) is 7.91. The van der Waals surface area contributed by atoms with Crippen LogP contribution in [-0.4, -0.2) is 36.1 Å². The van der Waals surface area contributed by atoms with Crippen molar-refractivity contribution in [3.63, 3.8) is 0 Å². The van der Waals surface area contributed by atoms with E-state index in [1.54, 1.807) is 0 Å². The first-order chi connectivity index (χ1) is 18.5. The van der Waals surface area contributed by atoms with E-state index in [0.29, 0.717) is 17.3 Å². The zero-order valence-corrected chi connectivity index (χ0v) is 22.6. The quantitative estimate of drug-likeness (QED) is 0.335. The highest BCUT2D eigenvalue weighted by molar-refractivity contribution is 5.96. The molecule has 2 aliphatic rings. The molecule has 0 bridgehead atoms. The number of ether oxygens (including phenoxy) is 3. The van der Waals surface area contributed by atoms with Crippen LogP contribution in [0.15, 0.2) is 36.4 Å². The number of nitrogens with one attached hydrogen (secondary N) is 1. The van der Waals surface area contributed by atoms with Gasteiger partial charge in [-0.3, -0.25) is 5.32 Å². The molecule has 200 valence electrons. The van der Waals surface area contributed by atoms with Gasteiger partial charge in [0.25, 0.3) is 0 Å². The third kappa shape index (κ3) is 5.23. The van der Waals surface area contributed by atoms with Crippen LogP contribution in [-0.2, 0) is 9.47 Å². The van der Waals surface area contributed by atoms with Gasteiger partial charge in [-0.05, 0) is 68.9 Å². The number of fused-ring (bicyclic) bond motifs is 1. The smallest absolute Gasteiger partial charge is 0.411 e. The molecular weight excluding hydrogens is 478 g/mol. The molecule has 1 aromatic heterocycles. The van der Waals surface area contributed by atoms with Gasteiger partial charge in [0, 0.05) is 41.6 Å². The summed E-state index contributed by atoms with van der Waals surface area (Å²) < 4.78 is 19.7. The van der Waals surface area contributed by atoms with E-state index < -0.39 is 6.09 Å². The Morgan fingerprint density at radius 1 is 1.13 bits per heavy atom. The lowest BCUT2D eigenvalue weighted by atomic mass is 9.91. The highest BCUT2D eigenvalue weighted by Crippen LogP contribution is 2.44. The summed E-state index contributed by atoms with van der Waals surface area (Å²) >= 11 is 0. The van der Waals surface area contributed by atoms with Crippen molar-refractivity contribution in [1.29, 1.82) is 5.26 Å². The zero-order valence-electron chi connectivity index (χ0n) is 22.6. The highest BCUT2D eigenvalue weighted by atomic mass is 16.6. The first-order valence-electron chi connectivity index (χ1n) is 13.9. The number of nitrogens with zero attached hydrogens (tertiary/aromatic N) is 2. The second-order valence-electron chi connectivity index (χ2n) is 10.4. The van der Waals surface area contributed by atoms with Crippen LogP contribution in [0.4, 0.5) is 10.5 Å². The van der Waals surface area contributed by atoms with Gasteiger partial charge in [0.1, 0.15) is 24.0 Å². The molecule has 5 rings (SSSR count). The maximum absolute atomic E-state index is 12.4. The van der Waals surface area contributed by atoms with E-state index >= 15 is 0 Å². The van der Waals surface area contributed by atoms with Gasteiger partial charge < -0.3 is 18.8 Å². The Bertz CT molecular complexity index is 1340. The van der Waals surface area contributed by atoms with Gasteiger partial charge in [0.05, 0.1) is 30.0 Å². The monoisotopic (exact) mass is 515 g/mol. The molecule has 1 aliphatic carbocycles. The van der Waals surface area contributed by atoms with E-state index in [-0.39, 0.29) is 12.2 Å². The number of benzene rings is 2. The molecule has 1 saturated heterocycles. The van der Waals surface area contributed by atoms with Gasteiger partial charge in [-0.2, -0.15) is 5.26 Å². The fraction of sp³-hybridized carbons (Fsp3) is 0.484. The molecule has 38 heavy (non-hydrogen) atoms. The Morgan fingerprint density at radius 2 is 1.89 bits per heavy atom. The van der Waals surface area contributed by atoms with Crippen molar-refractivity contribution in [3.05, 3.63) is 47.5 Å². The van der Waals surface area contributed by atoms with Gasteiger partial charge in [-0.1, -0.05) is 19.9 Å². The Labute approximate surface area is 224 Å². The summed E-state index contributed by atoms with van der Waals surface area (Å²) in [7, 11) is 0. The average Bonchev–Trinajstić information content (AvgIpc) is 3.20. The van der Waals surface area contributed by atoms with E-state index in [2.05, 4.69) is 22.0 Å². The largest absolute Gasteiger partial charge is 0.490 e. The van der Waals surface area contributed by atoms with Crippen LogP contribution in [0.1, 0.15) is 76.0 Å². The maximum atomic E-state index is 12.4.